The standard InChI is InChI=1S/C21H24Cl2N2O3/c1-13-11-24-18(14(2)19(13)27-3)12-25-20(26)21(6-8-28-9-7-21)16-5-4-15(22)10-17(16)23/h4-5,10-11H,6-9,12H2,1-3H3,(H,25,26). The van der Waals surface area contributed by atoms with Crippen molar-refractivity contribution in [2.24, 2.45) is 0 Å². The first-order valence-electron chi connectivity index (χ1n) is 9.19. The van der Waals surface area contributed by atoms with Crippen molar-refractivity contribution in [2.75, 3.05) is 20.3 Å². The molecule has 0 unspecified atom stereocenters. The first-order valence-corrected chi connectivity index (χ1v) is 9.95. The van der Waals surface area contributed by atoms with E-state index in [1.807, 2.05) is 19.9 Å². The van der Waals surface area contributed by atoms with Gasteiger partial charge in [0.2, 0.25) is 5.91 Å². The van der Waals surface area contributed by atoms with Gasteiger partial charge in [0.25, 0.3) is 0 Å². The maximum Gasteiger partial charge on any atom is 0.231 e. The quantitative estimate of drug-likeness (QED) is 0.776. The molecule has 1 amide bonds. The molecule has 0 saturated carbocycles. The number of nitrogens with one attached hydrogen (secondary N) is 1. The topological polar surface area (TPSA) is 60.5 Å². The first-order chi connectivity index (χ1) is 13.4. The van der Waals surface area contributed by atoms with Crippen LogP contribution in [0.5, 0.6) is 5.75 Å². The normalized spacial score (nSPS) is 15.9. The van der Waals surface area contributed by atoms with E-state index in [4.69, 9.17) is 32.7 Å². The van der Waals surface area contributed by atoms with Gasteiger partial charge in [-0.1, -0.05) is 29.3 Å². The lowest BCUT2D eigenvalue weighted by Crippen LogP contribution is -2.48. The summed E-state index contributed by atoms with van der Waals surface area (Å²) in [6.07, 6.45) is 2.88. The predicted molar refractivity (Wildman–Crippen MR) is 110 cm³/mol. The zero-order chi connectivity index (χ0) is 20.3. The largest absolute Gasteiger partial charge is 0.496 e. The lowest BCUT2D eigenvalue weighted by atomic mass is 9.73. The minimum absolute atomic E-state index is 0.0826. The first kappa shape index (κ1) is 20.9. The molecule has 1 aromatic carbocycles. The van der Waals surface area contributed by atoms with Crippen molar-refractivity contribution in [1.82, 2.24) is 10.3 Å². The SMILES string of the molecule is COc1c(C)cnc(CNC(=O)C2(c3ccc(Cl)cc3Cl)CCOCC2)c1C. The number of benzene rings is 1. The summed E-state index contributed by atoms with van der Waals surface area (Å²) in [7, 11) is 1.64. The highest BCUT2D eigenvalue weighted by atomic mass is 35.5. The van der Waals surface area contributed by atoms with E-state index in [9.17, 15) is 4.79 Å². The second-order valence-electron chi connectivity index (χ2n) is 7.05. The number of aryl methyl sites for hydroxylation is 1. The molecule has 1 saturated heterocycles. The third-order valence-corrected chi connectivity index (χ3v) is 5.94. The fraction of sp³-hybridized carbons (Fsp3) is 0.429. The van der Waals surface area contributed by atoms with Gasteiger partial charge in [0.05, 0.1) is 24.8 Å². The van der Waals surface area contributed by atoms with E-state index >= 15 is 0 Å². The van der Waals surface area contributed by atoms with Gasteiger partial charge in [0.15, 0.2) is 0 Å². The highest BCUT2D eigenvalue weighted by molar-refractivity contribution is 6.35. The highest BCUT2D eigenvalue weighted by Gasteiger charge is 2.43. The van der Waals surface area contributed by atoms with Gasteiger partial charge in [-0.3, -0.25) is 9.78 Å². The Balaban J connectivity index is 1.87. The Bertz CT molecular complexity index is 880. The molecule has 1 aromatic heterocycles. The zero-order valence-corrected chi connectivity index (χ0v) is 17.8. The molecule has 1 N–H and O–H groups in total. The van der Waals surface area contributed by atoms with E-state index in [-0.39, 0.29) is 5.91 Å². The van der Waals surface area contributed by atoms with Gasteiger partial charge in [0, 0.05) is 40.6 Å². The summed E-state index contributed by atoms with van der Waals surface area (Å²) in [5, 5.41) is 4.10. The molecule has 1 aliphatic rings. The molecule has 2 aromatic rings. The number of hydrogen-bond acceptors (Lipinski definition) is 4. The molecule has 5 nitrogen and oxygen atoms in total. The average molecular weight is 423 g/mol. The number of nitrogens with zero attached hydrogens (tertiary/aromatic N) is 1. The highest BCUT2D eigenvalue weighted by Crippen LogP contribution is 2.40. The molecular weight excluding hydrogens is 399 g/mol. The molecule has 2 heterocycles. The van der Waals surface area contributed by atoms with E-state index < -0.39 is 5.41 Å². The van der Waals surface area contributed by atoms with Crippen LogP contribution < -0.4 is 10.1 Å². The van der Waals surface area contributed by atoms with Crippen LogP contribution >= 0.6 is 23.2 Å². The monoisotopic (exact) mass is 422 g/mol. The Morgan fingerprint density at radius 3 is 2.64 bits per heavy atom. The third-order valence-electron chi connectivity index (χ3n) is 5.39. The Kier molecular flexibility index (Phi) is 6.48. The van der Waals surface area contributed by atoms with Crippen LogP contribution in [0.3, 0.4) is 0 Å². The van der Waals surface area contributed by atoms with Crippen LogP contribution in [0.2, 0.25) is 10.0 Å². The van der Waals surface area contributed by atoms with Crippen LogP contribution in [0.15, 0.2) is 24.4 Å². The van der Waals surface area contributed by atoms with Gasteiger partial charge >= 0.3 is 0 Å². The van der Waals surface area contributed by atoms with Crippen LogP contribution in [-0.4, -0.2) is 31.2 Å². The van der Waals surface area contributed by atoms with Crippen molar-refractivity contribution in [3.05, 3.63) is 56.8 Å². The lowest BCUT2D eigenvalue weighted by Gasteiger charge is -2.37. The predicted octanol–water partition coefficient (Wildman–Crippen LogP) is 4.38. The number of pyridine rings is 1. The van der Waals surface area contributed by atoms with Crippen LogP contribution in [0.25, 0.3) is 0 Å². The minimum atomic E-state index is -0.747. The number of ether oxygens (including phenoxy) is 2. The van der Waals surface area contributed by atoms with E-state index in [0.717, 1.165) is 28.1 Å². The summed E-state index contributed by atoms with van der Waals surface area (Å²) >= 11 is 12.5. The number of carbonyl (C=O) groups is 1. The Hall–Kier alpha value is -1.82. The van der Waals surface area contributed by atoms with Gasteiger partial charge in [-0.25, -0.2) is 0 Å². The van der Waals surface area contributed by atoms with Gasteiger partial charge in [-0.2, -0.15) is 0 Å². The molecule has 0 aliphatic carbocycles. The average Bonchev–Trinajstić information content (AvgIpc) is 2.68. The third kappa shape index (κ3) is 3.97. The van der Waals surface area contributed by atoms with E-state index in [0.29, 0.717) is 42.6 Å². The molecule has 7 heteroatoms. The maximum atomic E-state index is 13.3. The fourth-order valence-electron chi connectivity index (χ4n) is 3.80. The summed E-state index contributed by atoms with van der Waals surface area (Å²) in [6, 6.07) is 5.29. The second-order valence-corrected chi connectivity index (χ2v) is 7.89. The number of carbonyl (C=O) groups excluding carboxylic acids is 1. The smallest absolute Gasteiger partial charge is 0.231 e. The van der Waals surface area contributed by atoms with Crippen LogP contribution in [0, 0.1) is 13.8 Å². The van der Waals surface area contributed by atoms with Crippen molar-refractivity contribution in [3.63, 3.8) is 0 Å². The number of halogens is 2. The maximum absolute atomic E-state index is 13.3. The molecule has 0 spiro atoms. The molecule has 0 atom stereocenters. The number of methoxy groups -OCH3 is 1. The summed E-state index contributed by atoms with van der Waals surface area (Å²) in [5.74, 6) is 0.710. The number of hydrogen-bond donors (Lipinski definition) is 1. The van der Waals surface area contributed by atoms with Crippen molar-refractivity contribution in [2.45, 2.75) is 38.6 Å². The van der Waals surface area contributed by atoms with E-state index in [2.05, 4.69) is 10.3 Å². The second kappa shape index (κ2) is 8.68. The van der Waals surface area contributed by atoms with Gasteiger partial charge in [-0.05, 0) is 44.4 Å². The summed E-state index contributed by atoms with van der Waals surface area (Å²) < 4.78 is 11.0. The summed E-state index contributed by atoms with van der Waals surface area (Å²) in [6.45, 7) is 5.21. The van der Waals surface area contributed by atoms with Gasteiger partial charge < -0.3 is 14.8 Å². The van der Waals surface area contributed by atoms with Crippen LogP contribution in [0.4, 0.5) is 0 Å². The molecule has 150 valence electrons. The number of aromatic nitrogens is 1. The van der Waals surface area contributed by atoms with Gasteiger partial charge in [-0.15, -0.1) is 0 Å². The van der Waals surface area contributed by atoms with E-state index in [1.54, 1.807) is 25.4 Å². The number of rotatable bonds is 5. The molecule has 3 rings (SSSR count). The molecule has 28 heavy (non-hydrogen) atoms. The van der Waals surface area contributed by atoms with Gasteiger partial charge in [0.1, 0.15) is 5.75 Å². The van der Waals surface area contributed by atoms with Crippen molar-refractivity contribution < 1.29 is 14.3 Å². The van der Waals surface area contributed by atoms with Crippen molar-refractivity contribution in [3.8, 4) is 5.75 Å². The Labute approximate surface area is 175 Å². The van der Waals surface area contributed by atoms with Crippen molar-refractivity contribution in [1.29, 1.82) is 0 Å². The van der Waals surface area contributed by atoms with E-state index in [1.165, 1.54) is 0 Å². The fourth-order valence-corrected chi connectivity index (χ4v) is 4.39. The summed E-state index contributed by atoms with van der Waals surface area (Å²) in [4.78, 5) is 17.8. The van der Waals surface area contributed by atoms with Crippen molar-refractivity contribution >= 4 is 29.1 Å². The molecule has 1 fully saturated rings. The zero-order valence-electron chi connectivity index (χ0n) is 16.3. The summed E-state index contributed by atoms with van der Waals surface area (Å²) in [5.41, 5.74) is 2.70. The molecular formula is C21H24Cl2N2O3. The Morgan fingerprint density at radius 1 is 1.29 bits per heavy atom. The molecule has 0 bridgehead atoms. The van der Waals surface area contributed by atoms with Crippen LogP contribution in [0.1, 0.15) is 35.2 Å². The lowest BCUT2D eigenvalue weighted by molar-refractivity contribution is -0.130. The molecule has 0 radical (unpaired) electrons. The number of amides is 1. The minimum Gasteiger partial charge on any atom is -0.496 e. The van der Waals surface area contributed by atoms with Crippen LogP contribution in [-0.2, 0) is 21.5 Å². The Morgan fingerprint density at radius 2 is 2.00 bits per heavy atom. The molecule has 1 aliphatic heterocycles.